The zero-order valence-electron chi connectivity index (χ0n) is 19.0. The number of aromatic nitrogens is 2. The van der Waals surface area contributed by atoms with Crippen molar-refractivity contribution in [3.63, 3.8) is 0 Å². The quantitative estimate of drug-likeness (QED) is 0.422. The molecule has 0 atom stereocenters. The molecule has 4 rings (SSSR count). The van der Waals surface area contributed by atoms with Crippen molar-refractivity contribution in [2.75, 3.05) is 42.6 Å². The molecule has 0 radical (unpaired) electrons. The van der Waals surface area contributed by atoms with Crippen LogP contribution in [0.25, 0.3) is 0 Å². The molecular weight excluding hydrogens is 499 g/mol. The Balaban J connectivity index is 1.22. The maximum atomic E-state index is 13.4. The number of nitrogens with zero attached hydrogens (tertiary/aromatic N) is 3. The Bertz CT molecular complexity index is 1150. The topological polar surface area (TPSA) is 126 Å². The van der Waals surface area contributed by atoms with Gasteiger partial charge in [-0.05, 0) is 43.9 Å². The number of hydrogen-bond acceptors (Lipinski definition) is 9. The van der Waals surface area contributed by atoms with E-state index in [0.29, 0.717) is 49.9 Å². The summed E-state index contributed by atoms with van der Waals surface area (Å²) in [4.78, 5) is 21.6. The minimum Gasteiger partial charge on any atom is -0.463 e. The molecule has 2 heterocycles. The van der Waals surface area contributed by atoms with Crippen LogP contribution in [0, 0.1) is 5.82 Å². The van der Waals surface area contributed by atoms with Gasteiger partial charge in [-0.25, -0.2) is 27.5 Å². The third-order valence-corrected chi connectivity index (χ3v) is 7.69. The summed E-state index contributed by atoms with van der Waals surface area (Å²) >= 11 is 5.83. The largest absolute Gasteiger partial charge is 0.463 e. The molecule has 190 valence electrons. The maximum Gasteiger partial charge on any atom is 0.320 e. The molecule has 2 aliphatic rings. The van der Waals surface area contributed by atoms with E-state index in [1.54, 1.807) is 17.0 Å². The molecule has 1 aliphatic carbocycles. The number of carbonyl (C=O) groups excluding carboxylic acids is 1. The van der Waals surface area contributed by atoms with Gasteiger partial charge >= 0.3 is 5.97 Å². The second kappa shape index (κ2) is 11.5. The molecule has 0 amide bonds. The lowest BCUT2D eigenvalue weighted by Gasteiger charge is -2.30. The minimum atomic E-state index is -3.44. The zero-order chi connectivity index (χ0) is 24.8. The lowest BCUT2D eigenvalue weighted by molar-refractivity contribution is -0.150. The molecule has 1 aromatic carbocycles. The number of nitrogens with one attached hydrogen (secondary N) is 3. The monoisotopic (exact) mass is 526 g/mol. The highest BCUT2D eigenvalue weighted by Crippen LogP contribution is 2.25. The molecule has 35 heavy (non-hydrogen) atoms. The van der Waals surface area contributed by atoms with Crippen molar-refractivity contribution in [3.8, 4) is 0 Å². The minimum absolute atomic E-state index is 0.0194. The van der Waals surface area contributed by atoms with E-state index in [1.807, 2.05) is 0 Å². The standard InChI is InChI=1S/C22H28ClFN6O4S/c23-18-11-17(5-6-19(18)24)28-21-12-20(25-14-26-21)27-15-1-3-16(4-2-15)29-35(32,33)10-8-30-7-9-34-22(31)13-30/h5-6,11-12,14-16,29H,1-4,7-10,13H2,(H2,25,26,27,28)/t15-,16-. The van der Waals surface area contributed by atoms with E-state index in [4.69, 9.17) is 16.3 Å². The summed E-state index contributed by atoms with van der Waals surface area (Å²) in [5, 5.41) is 6.47. The van der Waals surface area contributed by atoms with E-state index in [0.717, 1.165) is 12.8 Å². The molecule has 2 fully saturated rings. The van der Waals surface area contributed by atoms with E-state index in [2.05, 4.69) is 25.3 Å². The van der Waals surface area contributed by atoms with Crippen molar-refractivity contribution in [2.24, 2.45) is 0 Å². The van der Waals surface area contributed by atoms with Crippen LogP contribution in [0.3, 0.4) is 0 Å². The lowest BCUT2D eigenvalue weighted by atomic mass is 9.92. The molecule has 3 N–H and O–H groups in total. The van der Waals surface area contributed by atoms with Crippen LogP contribution in [0.4, 0.5) is 21.7 Å². The Labute approximate surface area is 208 Å². The van der Waals surface area contributed by atoms with E-state index in [1.165, 1.54) is 18.5 Å². The van der Waals surface area contributed by atoms with Gasteiger partial charge in [0.15, 0.2) is 0 Å². The molecule has 1 aliphatic heterocycles. The van der Waals surface area contributed by atoms with Crippen LogP contribution in [0.2, 0.25) is 5.02 Å². The number of ether oxygens (including phenoxy) is 1. The van der Waals surface area contributed by atoms with Gasteiger partial charge in [-0.2, -0.15) is 0 Å². The number of anilines is 3. The Morgan fingerprint density at radius 3 is 2.60 bits per heavy atom. The first-order valence-corrected chi connectivity index (χ1v) is 13.5. The third kappa shape index (κ3) is 7.72. The van der Waals surface area contributed by atoms with Gasteiger partial charge in [0.1, 0.15) is 30.4 Å². The number of hydrogen-bond donors (Lipinski definition) is 3. The predicted molar refractivity (Wildman–Crippen MR) is 131 cm³/mol. The van der Waals surface area contributed by atoms with Gasteiger partial charge in [0.05, 0.1) is 17.3 Å². The highest BCUT2D eigenvalue weighted by molar-refractivity contribution is 7.89. The normalized spacial score (nSPS) is 21.4. The van der Waals surface area contributed by atoms with Gasteiger partial charge in [0, 0.05) is 36.9 Å². The average Bonchev–Trinajstić information content (AvgIpc) is 2.82. The first-order valence-electron chi connectivity index (χ1n) is 11.4. The number of carbonyl (C=O) groups is 1. The van der Waals surface area contributed by atoms with Crippen LogP contribution in [0.15, 0.2) is 30.6 Å². The van der Waals surface area contributed by atoms with Crippen molar-refractivity contribution in [1.82, 2.24) is 19.6 Å². The fraction of sp³-hybridized carbons (Fsp3) is 0.500. The molecule has 1 saturated heterocycles. The fourth-order valence-corrected chi connectivity index (χ4v) is 5.68. The van der Waals surface area contributed by atoms with Gasteiger partial charge in [-0.15, -0.1) is 0 Å². The van der Waals surface area contributed by atoms with Crippen LogP contribution >= 0.6 is 11.6 Å². The Morgan fingerprint density at radius 2 is 1.86 bits per heavy atom. The van der Waals surface area contributed by atoms with Gasteiger partial charge in [0.2, 0.25) is 10.0 Å². The van der Waals surface area contributed by atoms with E-state index < -0.39 is 15.8 Å². The highest BCUT2D eigenvalue weighted by atomic mass is 35.5. The smallest absolute Gasteiger partial charge is 0.320 e. The first-order chi connectivity index (χ1) is 16.8. The molecule has 0 bridgehead atoms. The number of esters is 1. The summed E-state index contributed by atoms with van der Waals surface area (Å²) in [6.07, 6.45) is 4.41. The van der Waals surface area contributed by atoms with Gasteiger partial charge in [0.25, 0.3) is 0 Å². The van der Waals surface area contributed by atoms with Crippen LogP contribution < -0.4 is 15.4 Å². The lowest BCUT2D eigenvalue weighted by Crippen LogP contribution is -2.45. The Hall–Kier alpha value is -2.54. The van der Waals surface area contributed by atoms with Crippen LogP contribution in [-0.2, 0) is 19.6 Å². The SMILES string of the molecule is O=C1CN(CCS(=O)(=O)N[C@H]2CC[C@H](Nc3cc(Nc4ccc(F)c(Cl)c4)ncn3)CC2)CCO1. The van der Waals surface area contributed by atoms with E-state index >= 15 is 0 Å². The summed E-state index contributed by atoms with van der Waals surface area (Å²) < 4.78 is 46.0. The number of sulfonamides is 1. The predicted octanol–water partition coefficient (Wildman–Crippen LogP) is 2.51. The summed E-state index contributed by atoms with van der Waals surface area (Å²) in [6.45, 7) is 1.28. The van der Waals surface area contributed by atoms with Gasteiger partial charge < -0.3 is 15.4 Å². The second-order valence-electron chi connectivity index (χ2n) is 8.67. The Kier molecular flexibility index (Phi) is 8.37. The first kappa shape index (κ1) is 25.5. The van der Waals surface area contributed by atoms with Crippen molar-refractivity contribution >= 4 is 44.9 Å². The summed E-state index contributed by atoms with van der Waals surface area (Å²) in [6, 6.07) is 6.12. The van der Waals surface area contributed by atoms with Gasteiger partial charge in [-0.3, -0.25) is 9.69 Å². The Morgan fingerprint density at radius 1 is 1.11 bits per heavy atom. The summed E-state index contributed by atoms with van der Waals surface area (Å²) in [5.41, 5.74) is 0.606. The highest BCUT2D eigenvalue weighted by Gasteiger charge is 2.26. The third-order valence-electron chi connectivity index (χ3n) is 5.98. The van der Waals surface area contributed by atoms with Crippen molar-refractivity contribution < 1.29 is 22.3 Å². The molecule has 1 aromatic heterocycles. The van der Waals surface area contributed by atoms with Crippen molar-refractivity contribution in [1.29, 1.82) is 0 Å². The molecule has 10 nitrogen and oxygen atoms in total. The summed E-state index contributed by atoms with van der Waals surface area (Å²) in [7, 11) is -3.44. The van der Waals surface area contributed by atoms with Crippen molar-refractivity contribution in [3.05, 3.63) is 41.4 Å². The number of cyclic esters (lactones) is 1. The number of morpholine rings is 1. The zero-order valence-corrected chi connectivity index (χ0v) is 20.6. The molecule has 0 unspecified atom stereocenters. The molecular formula is C22H28ClFN6O4S. The summed E-state index contributed by atoms with van der Waals surface area (Å²) in [5.74, 6) is 0.315. The van der Waals surface area contributed by atoms with E-state index in [-0.39, 0.29) is 35.4 Å². The number of benzene rings is 1. The van der Waals surface area contributed by atoms with Crippen LogP contribution in [-0.4, -0.2) is 73.3 Å². The van der Waals surface area contributed by atoms with Crippen LogP contribution in [0.5, 0.6) is 0 Å². The van der Waals surface area contributed by atoms with Crippen molar-refractivity contribution in [2.45, 2.75) is 37.8 Å². The average molecular weight is 527 g/mol. The van der Waals surface area contributed by atoms with Crippen LogP contribution in [0.1, 0.15) is 25.7 Å². The molecule has 2 aromatic rings. The maximum absolute atomic E-state index is 13.4. The van der Waals surface area contributed by atoms with Gasteiger partial charge in [-0.1, -0.05) is 11.6 Å². The molecule has 1 saturated carbocycles. The molecule has 0 spiro atoms. The molecule has 13 heteroatoms. The fourth-order valence-electron chi connectivity index (χ4n) is 4.14. The number of rotatable bonds is 9. The second-order valence-corrected chi connectivity index (χ2v) is 10.9. The number of halogens is 2. The van der Waals surface area contributed by atoms with E-state index in [9.17, 15) is 17.6 Å².